The first-order chi connectivity index (χ1) is 6.99. The van der Waals surface area contributed by atoms with E-state index in [2.05, 4.69) is 4.98 Å². The maximum absolute atomic E-state index is 11.3. The second-order valence-electron chi connectivity index (χ2n) is 3.17. The largest absolute Gasteiger partial charge is 0.481 e. The highest BCUT2D eigenvalue weighted by atomic mass is 32.1. The van der Waals surface area contributed by atoms with Gasteiger partial charge in [-0.1, -0.05) is 0 Å². The lowest BCUT2D eigenvalue weighted by Crippen LogP contribution is -2.27. The Morgan fingerprint density at radius 1 is 1.60 bits per heavy atom. The summed E-state index contributed by atoms with van der Waals surface area (Å²) in [7, 11) is 1.58. The molecule has 1 aromatic heterocycles. The minimum absolute atomic E-state index is 0.395. The molecule has 0 radical (unpaired) electrons. The van der Waals surface area contributed by atoms with Gasteiger partial charge in [0.15, 0.2) is 0 Å². The molecule has 0 aliphatic rings. The molecule has 0 aromatic carbocycles. The second kappa shape index (κ2) is 4.88. The fourth-order valence-corrected chi connectivity index (χ4v) is 1.91. The van der Waals surface area contributed by atoms with Gasteiger partial charge in [-0.3, -0.25) is 9.59 Å². The topological polar surface area (TPSA) is 70.5 Å². The molecule has 0 aliphatic heterocycles. The fourth-order valence-electron chi connectivity index (χ4n) is 1.06. The third kappa shape index (κ3) is 3.67. The van der Waals surface area contributed by atoms with Crippen molar-refractivity contribution >= 4 is 23.2 Å². The maximum atomic E-state index is 11.3. The molecular weight excluding hydrogens is 216 g/mol. The van der Waals surface area contributed by atoms with Gasteiger partial charge in [-0.25, -0.2) is 4.98 Å². The third-order valence-corrected chi connectivity index (χ3v) is 2.69. The van der Waals surface area contributed by atoms with Crippen molar-refractivity contribution in [3.63, 3.8) is 0 Å². The Labute approximate surface area is 91.4 Å². The number of hydrogen-bond donors (Lipinski definition) is 1. The normalized spacial score (nSPS) is 10.0. The zero-order valence-electron chi connectivity index (χ0n) is 8.56. The minimum atomic E-state index is -1.10. The number of carbonyl (C=O) groups excluding carboxylic acids is 1. The summed E-state index contributed by atoms with van der Waals surface area (Å²) >= 11 is 1.50. The van der Waals surface area contributed by atoms with Crippen LogP contribution in [0.2, 0.25) is 0 Å². The number of aliphatic carboxylic acids is 1. The van der Waals surface area contributed by atoms with Gasteiger partial charge >= 0.3 is 5.97 Å². The predicted molar refractivity (Wildman–Crippen MR) is 55.6 cm³/mol. The van der Waals surface area contributed by atoms with Crippen LogP contribution in [-0.4, -0.2) is 33.9 Å². The van der Waals surface area contributed by atoms with E-state index in [4.69, 9.17) is 5.11 Å². The van der Waals surface area contributed by atoms with Crippen molar-refractivity contribution in [3.8, 4) is 0 Å². The third-order valence-electron chi connectivity index (χ3n) is 1.79. The lowest BCUT2D eigenvalue weighted by molar-refractivity contribution is -0.143. The summed E-state index contributed by atoms with van der Waals surface area (Å²) < 4.78 is 0. The van der Waals surface area contributed by atoms with Gasteiger partial charge < -0.3 is 10.0 Å². The molecule has 0 saturated heterocycles. The summed E-state index contributed by atoms with van der Waals surface area (Å²) in [5.74, 6) is -1.50. The fraction of sp³-hybridized carbons (Fsp3) is 0.444. The lowest BCUT2D eigenvalue weighted by atomic mass is 10.3. The van der Waals surface area contributed by atoms with Crippen molar-refractivity contribution in [1.82, 2.24) is 9.88 Å². The van der Waals surface area contributed by atoms with Crippen LogP contribution in [0.5, 0.6) is 0 Å². The predicted octanol–water partition coefficient (Wildman–Crippen LogP) is 0.885. The van der Waals surface area contributed by atoms with E-state index >= 15 is 0 Å². The summed E-state index contributed by atoms with van der Waals surface area (Å²) in [5, 5.41) is 9.38. The van der Waals surface area contributed by atoms with Gasteiger partial charge in [-0.15, -0.1) is 11.3 Å². The average Bonchev–Trinajstić information content (AvgIpc) is 2.50. The van der Waals surface area contributed by atoms with Crippen molar-refractivity contribution < 1.29 is 14.7 Å². The van der Waals surface area contributed by atoms with Crippen LogP contribution in [-0.2, 0) is 16.1 Å². The molecule has 0 unspecified atom stereocenters. The van der Waals surface area contributed by atoms with Crippen LogP contribution in [0.4, 0.5) is 0 Å². The number of hydrogen-bond acceptors (Lipinski definition) is 4. The first-order valence-corrected chi connectivity index (χ1v) is 5.17. The molecule has 5 nitrogen and oxygen atoms in total. The van der Waals surface area contributed by atoms with Gasteiger partial charge in [0.05, 0.1) is 11.6 Å². The molecule has 0 fully saturated rings. The Bertz CT molecular complexity index is 375. The van der Waals surface area contributed by atoms with Crippen LogP contribution in [0.1, 0.15) is 16.3 Å². The Balaban J connectivity index is 2.51. The number of aryl methyl sites for hydroxylation is 1. The molecule has 82 valence electrons. The molecule has 0 atom stereocenters. The first kappa shape index (κ1) is 11.6. The lowest BCUT2D eigenvalue weighted by Gasteiger charge is -2.14. The summed E-state index contributed by atoms with van der Waals surface area (Å²) in [6.45, 7) is 2.30. The molecule has 0 spiro atoms. The maximum Gasteiger partial charge on any atom is 0.312 e. The van der Waals surface area contributed by atoms with E-state index in [1.54, 1.807) is 13.2 Å². The molecule has 6 heteroatoms. The number of carboxylic acid groups (broad SMARTS) is 1. The Kier molecular flexibility index (Phi) is 3.79. The number of amides is 1. The molecule has 15 heavy (non-hydrogen) atoms. The molecule has 1 heterocycles. The zero-order valence-corrected chi connectivity index (χ0v) is 9.37. The molecule has 0 saturated carbocycles. The van der Waals surface area contributed by atoms with Crippen LogP contribution in [0.3, 0.4) is 0 Å². The van der Waals surface area contributed by atoms with Crippen molar-refractivity contribution in [3.05, 3.63) is 16.1 Å². The van der Waals surface area contributed by atoms with E-state index in [1.165, 1.54) is 16.2 Å². The molecule has 1 amide bonds. The van der Waals surface area contributed by atoms with E-state index in [9.17, 15) is 9.59 Å². The molecular formula is C9H12N2O3S. The average molecular weight is 228 g/mol. The smallest absolute Gasteiger partial charge is 0.312 e. The number of carboxylic acids is 1. The number of aromatic nitrogens is 1. The second-order valence-corrected chi connectivity index (χ2v) is 4.49. The van der Waals surface area contributed by atoms with E-state index < -0.39 is 18.3 Å². The summed E-state index contributed by atoms with van der Waals surface area (Å²) in [4.78, 5) is 28.0. The standard InChI is InChI=1S/C9H12N2O3S/c1-6-10-4-7(15-6)5-11(2)8(12)3-9(13)14/h4H,3,5H2,1-2H3,(H,13,14). The first-order valence-electron chi connectivity index (χ1n) is 4.36. The van der Waals surface area contributed by atoms with Crippen LogP contribution in [0.25, 0.3) is 0 Å². The Hall–Kier alpha value is -1.43. The van der Waals surface area contributed by atoms with Crippen molar-refractivity contribution in [2.24, 2.45) is 0 Å². The highest BCUT2D eigenvalue weighted by molar-refractivity contribution is 7.11. The van der Waals surface area contributed by atoms with Gasteiger partial charge in [-0.05, 0) is 6.92 Å². The highest BCUT2D eigenvalue weighted by Crippen LogP contribution is 2.13. The van der Waals surface area contributed by atoms with Gasteiger partial charge in [0, 0.05) is 18.1 Å². The monoisotopic (exact) mass is 228 g/mol. The van der Waals surface area contributed by atoms with E-state index in [-0.39, 0.29) is 0 Å². The van der Waals surface area contributed by atoms with Gasteiger partial charge in [0.1, 0.15) is 6.42 Å². The van der Waals surface area contributed by atoms with E-state index in [1.807, 2.05) is 6.92 Å². The zero-order chi connectivity index (χ0) is 11.4. The molecule has 0 aliphatic carbocycles. The van der Waals surface area contributed by atoms with Crippen molar-refractivity contribution in [2.45, 2.75) is 19.9 Å². The summed E-state index contributed by atoms with van der Waals surface area (Å²) in [5.41, 5.74) is 0. The van der Waals surface area contributed by atoms with Crippen LogP contribution in [0, 0.1) is 6.92 Å². The molecule has 1 aromatic rings. The van der Waals surface area contributed by atoms with Gasteiger partial charge in [0.25, 0.3) is 0 Å². The Morgan fingerprint density at radius 2 is 2.27 bits per heavy atom. The van der Waals surface area contributed by atoms with Crippen molar-refractivity contribution in [1.29, 1.82) is 0 Å². The number of rotatable bonds is 4. The number of nitrogens with zero attached hydrogens (tertiary/aromatic N) is 2. The minimum Gasteiger partial charge on any atom is -0.481 e. The van der Waals surface area contributed by atoms with Gasteiger partial charge in [0.2, 0.25) is 5.91 Å². The summed E-state index contributed by atoms with van der Waals surface area (Å²) in [6, 6.07) is 0. The quantitative estimate of drug-likeness (QED) is 0.777. The molecule has 1 rings (SSSR count). The van der Waals surface area contributed by atoms with Gasteiger partial charge in [-0.2, -0.15) is 0 Å². The van der Waals surface area contributed by atoms with E-state index in [0.29, 0.717) is 6.54 Å². The van der Waals surface area contributed by atoms with E-state index in [0.717, 1.165) is 9.88 Å². The Morgan fingerprint density at radius 3 is 2.73 bits per heavy atom. The number of carbonyl (C=O) groups is 2. The SMILES string of the molecule is Cc1ncc(CN(C)C(=O)CC(=O)O)s1. The number of thiazole rings is 1. The highest BCUT2D eigenvalue weighted by Gasteiger charge is 2.13. The van der Waals surface area contributed by atoms with Crippen LogP contribution in [0.15, 0.2) is 6.20 Å². The van der Waals surface area contributed by atoms with Crippen LogP contribution < -0.4 is 0 Å². The molecule has 1 N–H and O–H groups in total. The van der Waals surface area contributed by atoms with Crippen LogP contribution >= 0.6 is 11.3 Å². The van der Waals surface area contributed by atoms with Crippen molar-refractivity contribution in [2.75, 3.05) is 7.05 Å². The summed E-state index contributed by atoms with van der Waals surface area (Å²) in [6.07, 6.45) is 1.23. The molecule has 0 bridgehead atoms.